The van der Waals surface area contributed by atoms with E-state index in [0.717, 1.165) is 6.33 Å². The van der Waals surface area contributed by atoms with E-state index < -0.39 is 11.9 Å². The highest BCUT2D eigenvalue weighted by molar-refractivity contribution is 5.62. The van der Waals surface area contributed by atoms with E-state index in [-0.39, 0.29) is 5.56 Å². The number of hydrogen-bond acceptors (Lipinski definition) is 2. The minimum Gasteiger partial charge on any atom is -0.207 e. The number of aromatic nitrogens is 2. The second kappa shape index (κ2) is 3.49. The van der Waals surface area contributed by atoms with Crippen molar-refractivity contribution in [1.82, 2.24) is 9.97 Å². The van der Waals surface area contributed by atoms with Crippen LogP contribution < -0.4 is 0 Å². The van der Waals surface area contributed by atoms with Crippen molar-refractivity contribution in [2.24, 2.45) is 0 Å². The van der Waals surface area contributed by atoms with Crippen molar-refractivity contribution in [3.05, 3.63) is 48.6 Å². The Hall–Kier alpha value is -1.84. The first-order valence-corrected chi connectivity index (χ1v) is 4.00. The van der Waals surface area contributed by atoms with Crippen molar-refractivity contribution in [2.45, 2.75) is 0 Å². The molecule has 0 radical (unpaired) electrons. The SMILES string of the molecule is Fc1ncnc(F)c1-c1ccccc1. The summed E-state index contributed by atoms with van der Waals surface area (Å²) < 4.78 is 26.3. The topological polar surface area (TPSA) is 25.8 Å². The number of rotatable bonds is 1. The maximum absolute atomic E-state index is 13.1. The van der Waals surface area contributed by atoms with Crippen LogP contribution in [0.1, 0.15) is 0 Å². The molecule has 14 heavy (non-hydrogen) atoms. The smallest absolute Gasteiger partial charge is 0.207 e. The molecule has 70 valence electrons. The van der Waals surface area contributed by atoms with Crippen molar-refractivity contribution in [2.75, 3.05) is 0 Å². The van der Waals surface area contributed by atoms with E-state index >= 15 is 0 Å². The molecule has 0 amide bonds. The van der Waals surface area contributed by atoms with Gasteiger partial charge >= 0.3 is 0 Å². The van der Waals surface area contributed by atoms with Crippen molar-refractivity contribution in [1.29, 1.82) is 0 Å². The molecule has 0 N–H and O–H groups in total. The Kier molecular flexibility index (Phi) is 2.18. The highest BCUT2D eigenvalue weighted by Crippen LogP contribution is 2.22. The van der Waals surface area contributed by atoms with Crippen molar-refractivity contribution in [3.8, 4) is 11.1 Å². The zero-order valence-electron chi connectivity index (χ0n) is 7.11. The largest absolute Gasteiger partial charge is 0.226 e. The van der Waals surface area contributed by atoms with Crippen molar-refractivity contribution < 1.29 is 8.78 Å². The van der Waals surface area contributed by atoms with Crippen LogP contribution in [0.2, 0.25) is 0 Å². The molecule has 0 fully saturated rings. The molecule has 0 atom stereocenters. The normalized spacial score (nSPS) is 10.1. The molecular weight excluding hydrogens is 186 g/mol. The molecule has 0 saturated carbocycles. The molecule has 1 aromatic heterocycles. The van der Waals surface area contributed by atoms with Crippen molar-refractivity contribution >= 4 is 0 Å². The molecule has 0 saturated heterocycles. The zero-order chi connectivity index (χ0) is 9.97. The van der Waals surface area contributed by atoms with Gasteiger partial charge in [-0.1, -0.05) is 30.3 Å². The van der Waals surface area contributed by atoms with E-state index in [1.807, 2.05) is 0 Å². The Morgan fingerprint density at radius 1 is 0.857 bits per heavy atom. The molecule has 0 unspecified atom stereocenters. The predicted octanol–water partition coefficient (Wildman–Crippen LogP) is 2.42. The second-order valence-corrected chi connectivity index (χ2v) is 2.70. The molecule has 2 aromatic rings. The second-order valence-electron chi connectivity index (χ2n) is 2.70. The maximum atomic E-state index is 13.1. The average Bonchev–Trinajstić information content (AvgIpc) is 2.19. The summed E-state index contributed by atoms with van der Waals surface area (Å²) in [5.74, 6) is -1.69. The van der Waals surface area contributed by atoms with Gasteiger partial charge in [0, 0.05) is 0 Å². The van der Waals surface area contributed by atoms with Crippen LogP contribution >= 0.6 is 0 Å². The Bertz CT molecular complexity index is 423. The van der Waals surface area contributed by atoms with Crippen LogP contribution in [-0.2, 0) is 0 Å². The highest BCUT2D eigenvalue weighted by atomic mass is 19.1. The quantitative estimate of drug-likeness (QED) is 0.648. The Morgan fingerprint density at radius 2 is 1.43 bits per heavy atom. The molecule has 1 heterocycles. The summed E-state index contributed by atoms with van der Waals surface area (Å²) in [5, 5.41) is 0. The summed E-state index contributed by atoms with van der Waals surface area (Å²) in [7, 11) is 0. The molecular formula is C10H6F2N2. The first-order valence-electron chi connectivity index (χ1n) is 4.00. The molecule has 0 aliphatic heterocycles. The molecule has 0 aliphatic rings. The molecule has 2 nitrogen and oxygen atoms in total. The summed E-state index contributed by atoms with van der Waals surface area (Å²) in [6, 6.07) is 8.36. The number of nitrogens with zero attached hydrogens (tertiary/aromatic N) is 2. The summed E-state index contributed by atoms with van der Waals surface area (Å²) in [5.41, 5.74) is 0.246. The Labute approximate surface area is 79.3 Å². The molecule has 2 rings (SSSR count). The van der Waals surface area contributed by atoms with E-state index in [2.05, 4.69) is 9.97 Å². The van der Waals surface area contributed by atoms with Gasteiger partial charge in [-0.15, -0.1) is 0 Å². The molecule has 1 aromatic carbocycles. The fraction of sp³-hybridized carbons (Fsp3) is 0. The molecule has 0 spiro atoms. The van der Waals surface area contributed by atoms with Crippen LogP contribution in [0.3, 0.4) is 0 Å². The Balaban J connectivity index is 2.63. The first kappa shape index (κ1) is 8.74. The van der Waals surface area contributed by atoms with Crippen LogP contribution in [-0.4, -0.2) is 9.97 Å². The molecule has 0 bridgehead atoms. The standard InChI is InChI=1S/C10H6F2N2/c11-9-8(10(12)14-6-13-9)7-4-2-1-3-5-7/h1-6H. The summed E-state index contributed by atoms with van der Waals surface area (Å²) in [4.78, 5) is 6.60. The van der Waals surface area contributed by atoms with Gasteiger partial charge in [0.05, 0.1) is 5.56 Å². The van der Waals surface area contributed by atoms with Gasteiger partial charge in [-0.25, -0.2) is 9.97 Å². The lowest BCUT2D eigenvalue weighted by Gasteiger charge is -2.01. The monoisotopic (exact) mass is 192 g/mol. The van der Waals surface area contributed by atoms with Crippen LogP contribution in [0.15, 0.2) is 36.7 Å². The zero-order valence-corrected chi connectivity index (χ0v) is 7.11. The highest BCUT2D eigenvalue weighted by Gasteiger charge is 2.12. The van der Waals surface area contributed by atoms with E-state index in [1.165, 1.54) is 0 Å². The molecule has 0 aliphatic carbocycles. The number of hydrogen-bond donors (Lipinski definition) is 0. The van der Waals surface area contributed by atoms with Gasteiger partial charge in [0.25, 0.3) is 0 Å². The van der Waals surface area contributed by atoms with Crippen LogP contribution in [0.5, 0.6) is 0 Å². The minimum atomic E-state index is -0.844. The van der Waals surface area contributed by atoms with Crippen molar-refractivity contribution in [3.63, 3.8) is 0 Å². The maximum Gasteiger partial charge on any atom is 0.226 e. The average molecular weight is 192 g/mol. The minimum absolute atomic E-state index is 0.187. The van der Waals surface area contributed by atoms with Gasteiger partial charge in [-0.2, -0.15) is 8.78 Å². The van der Waals surface area contributed by atoms with E-state index in [0.29, 0.717) is 5.56 Å². The van der Waals surface area contributed by atoms with E-state index in [9.17, 15) is 8.78 Å². The van der Waals surface area contributed by atoms with Gasteiger partial charge in [0.1, 0.15) is 6.33 Å². The van der Waals surface area contributed by atoms with Gasteiger partial charge in [-0.05, 0) is 5.56 Å². The Morgan fingerprint density at radius 3 is 2.00 bits per heavy atom. The lowest BCUT2D eigenvalue weighted by molar-refractivity contribution is 0.531. The van der Waals surface area contributed by atoms with Gasteiger partial charge in [0.2, 0.25) is 11.9 Å². The molecule has 4 heteroatoms. The number of benzene rings is 1. The first-order chi connectivity index (χ1) is 6.79. The summed E-state index contributed by atoms with van der Waals surface area (Å²) >= 11 is 0. The third-order valence-corrected chi connectivity index (χ3v) is 1.82. The van der Waals surface area contributed by atoms with E-state index in [1.54, 1.807) is 30.3 Å². The number of halogens is 2. The van der Waals surface area contributed by atoms with E-state index in [4.69, 9.17) is 0 Å². The predicted molar refractivity (Wildman–Crippen MR) is 47.4 cm³/mol. The van der Waals surface area contributed by atoms with Gasteiger partial charge in [-0.3, -0.25) is 0 Å². The lowest BCUT2D eigenvalue weighted by atomic mass is 10.1. The summed E-state index contributed by atoms with van der Waals surface area (Å²) in [6.07, 6.45) is 0.858. The summed E-state index contributed by atoms with van der Waals surface area (Å²) in [6.45, 7) is 0. The third-order valence-electron chi connectivity index (χ3n) is 1.82. The fourth-order valence-electron chi connectivity index (χ4n) is 1.19. The van der Waals surface area contributed by atoms with Crippen LogP contribution in [0, 0.1) is 11.9 Å². The van der Waals surface area contributed by atoms with Gasteiger partial charge < -0.3 is 0 Å². The third kappa shape index (κ3) is 1.46. The lowest BCUT2D eigenvalue weighted by Crippen LogP contribution is -1.96. The van der Waals surface area contributed by atoms with Crippen LogP contribution in [0.25, 0.3) is 11.1 Å². The van der Waals surface area contributed by atoms with Crippen LogP contribution in [0.4, 0.5) is 8.78 Å². The van der Waals surface area contributed by atoms with Gasteiger partial charge in [0.15, 0.2) is 0 Å². The fourth-order valence-corrected chi connectivity index (χ4v) is 1.19.